The van der Waals surface area contributed by atoms with Gasteiger partial charge in [-0.05, 0) is 12.7 Å². The predicted molar refractivity (Wildman–Crippen MR) is 66.3 cm³/mol. The predicted octanol–water partition coefficient (Wildman–Crippen LogP) is 1.79. The zero-order valence-electron chi connectivity index (χ0n) is 10.7. The maximum Gasteiger partial charge on any atom is 0.406 e. The number of amides is 2. The van der Waals surface area contributed by atoms with Gasteiger partial charge < -0.3 is 15.3 Å². The number of rotatable bonds is 7. The number of halogens is 3. The van der Waals surface area contributed by atoms with Crippen molar-refractivity contribution in [3.05, 3.63) is 0 Å². The second-order valence-corrected chi connectivity index (χ2v) is 5.19. The van der Waals surface area contributed by atoms with Crippen LogP contribution in [0, 0.1) is 0 Å². The molecule has 0 spiro atoms. The van der Waals surface area contributed by atoms with Crippen LogP contribution in [0.25, 0.3) is 0 Å². The van der Waals surface area contributed by atoms with Crippen LogP contribution in [0.1, 0.15) is 13.8 Å². The lowest BCUT2D eigenvalue weighted by molar-refractivity contribution is -0.149. The molecule has 19 heavy (non-hydrogen) atoms. The van der Waals surface area contributed by atoms with Crippen molar-refractivity contribution < 1.29 is 27.9 Å². The molecule has 0 aromatic carbocycles. The van der Waals surface area contributed by atoms with Crippen LogP contribution < -0.4 is 5.32 Å². The Morgan fingerprint density at radius 2 is 2.00 bits per heavy atom. The Kier molecular flexibility index (Phi) is 7.65. The monoisotopic (exact) mass is 302 g/mol. The van der Waals surface area contributed by atoms with Gasteiger partial charge in [0, 0.05) is 11.8 Å². The van der Waals surface area contributed by atoms with Gasteiger partial charge in [-0.25, -0.2) is 4.79 Å². The van der Waals surface area contributed by atoms with E-state index in [1.807, 2.05) is 6.92 Å². The number of carbonyl (C=O) groups is 2. The zero-order chi connectivity index (χ0) is 15.1. The molecule has 0 aromatic rings. The molecule has 0 saturated heterocycles. The van der Waals surface area contributed by atoms with E-state index in [1.165, 1.54) is 11.8 Å². The first kappa shape index (κ1) is 17.9. The molecule has 0 aromatic heterocycles. The van der Waals surface area contributed by atoms with E-state index in [2.05, 4.69) is 5.32 Å². The van der Waals surface area contributed by atoms with Gasteiger partial charge in [-0.15, -0.1) is 0 Å². The lowest BCUT2D eigenvalue weighted by atomic mass is 10.4. The lowest BCUT2D eigenvalue weighted by Gasteiger charge is -2.24. The molecule has 2 N–H and O–H groups in total. The minimum Gasteiger partial charge on any atom is -0.480 e. The number of thioether (sulfide) groups is 1. The Morgan fingerprint density at radius 3 is 2.42 bits per heavy atom. The Balaban J connectivity index is 4.49. The van der Waals surface area contributed by atoms with E-state index in [0.29, 0.717) is 5.75 Å². The largest absolute Gasteiger partial charge is 0.480 e. The van der Waals surface area contributed by atoms with Crippen molar-refractivity contribution in [2.24, 2.45) is 0 Å². The summed E-state index contributed by atoms with van der Waals surface area (Å²) in [6.07, 6.45) is -4.63. The first-order valence-electron chi connectivity index (χ1n) is 5.57. The van der Waals surface area contributed by atoms with Gasteiger partial charge in [0.1, 0.15) is 13.1 Å². The van der Waals surface area contributed by atoms with E-state index in [-0.39, 0.29) is 10.9 Å². The van der Waals surface area contributed by atoms with Crippen LogP contribution in [0.3, 0.4) is 0 Å². The molecule has 1 unspecified atom stereocenters. The molecule has 0 aliphatic carbocycles. The molecule has 0 heterocycles. The average Bonchev–Trinajstić information content (AvgIpc) is 2.22. The third-order valence-electron chi connectivity index (χ3n) is 1.93. The van der Waals surface area contributed by atoms with E-state index in [9.17, 15) is 22.8 Å². The minimum atomic E-state index is -4.63. The molecule has 9 heteroatoms. The zero-order valence-corrected chi connectivity index (χ0v) is 11.5. The van der Waals surface area contributed by atoms with Crippen LogP contribution in [-0.4, -0.2) is 58.8 Å². The highest BCUT2D eigenvalue weighted by molar-refractivity contribution is 7.99. The smallest absolute Gasteiger partial charge is 0.406 e. The summed E-state index contributed by atoms with van der Waals surface area (Å²) in [5, 5.41) is 10.9. The van der Waals surface area contributed by atoms with Crippen molar-refractivity contribution in [2.45, 2.75) is 26.1 Å². The van der Waals surface area contributed by atoms with Gasteiger partial charge in [-0.1, -0.05) is 6.92 Å². The molecule has 0 saturated carbocycles. The molecule has 0 fully saturated rings. The second-order valence-electron chi connectivity index (χ2n) is 3.87. The molecule has 0 aliphatic heterocycles. The summed E-state index contributed by atoms with van der Waals surface area (Å²) < 4.78 is 36.7. The number of carbonyl (C=O) groups excluding carboxylic acids is 1. The van der Waals surface area contributed by atoms with Gasteiger partial charge in [0.15, 0.2) is 0 Å². The van der Waals surface area contributed by atoms with Crippen molar-refractivity contribution >= 4 is 23.8 Å². The van der Waals surface area contributed by atoms with E-state index >= 15 is 0 Å². The highest BCUT2D eigenvalue weighted by atomic mass is 32.2. The van der Waals surface area contributed by atoms with Gasteiger partial charge in [-0.3, -0.25) is 4.79 Å². The fourth-order valence-electron chi connectivity index (χ4n) is 1.22. The van der Waals surface area contributed by atoms with Gasteiger partial charge >= 0.3 is 18.2 Å². The molecule has 2 amide bonds. The van der Waals surface area contributed by atoms with Gasteiger partial charge in [0.25, 0.3) is 0 Å². The number of aliphatic carboxylic acids is 1. The Bertz CT molecular complexity index is 313. The Morgan fingerprint density at radius 1 is 1.42 bits per heavy atom. The van der Waals surface area contributed by atoms with Gasteiger partial charge in [-0.2, -0.15) is 24.9 Å². The number of alkyl halides is 3. The number of hydrogen-bond donors (Lipinski definition) is 2. The molecular weight excluding hydrogens is 285 g/mol. The van der Waals surface area contributed by atoms with Crippen LogP contribution in [0.4, 0.5) is 18.0 Å². The normalized spacial score (nSPS) is 12.9. The van der Waals surface area contributed by atoms with Crippen molar-refractivity contribution in [1.82, 2.24) is 10.2 Å². The molecule has 5 nitrogen and oxygen atoms in total. The lowest BCUT2D eigenvalue weighted by Crippen LogP contribution is -2.49. The maximum absolute atomic E-state index is 12.2. The quantitative estimate of drug-likeness (QED) is 0.752. The number of nitrogens with one attached hydrogen (secondary N) is 1. The fraction of sp³-hybridized carbons (Fsp3) is 0.800. The Labute approximate surface area is 113 Å². The number of urea groups is 1. The van der Waals surface area contributed by atoms with Crippen molar-refractivity contribution in [3.8, 4) is 0 Å². The van der Waals surface area contributed by atoms with Crippen LogP contribution in [0.2, 0.25) is 0 Å². The van der Waals surface area contributed by atoms with Gasteiger partial charge in [0.05, 0.1) is 0 Å². The van der Waals surface area contributed by atoms with Crippen molar-refractivity contribution in [2.75, 3.05) is 24.6 Å². The third-order valence-corrected chi connectivity index (χ3v) is 3.07. The number of nitrogens with zero attached hydrogens (tertiary/aromatic N) is 1. The molecule has 0 rings (SSSR count). The van der Waals surface area contributed by atoms with Crippen LogP contribution in [-0.2, 0) is 4.79 Å². The first-order chi connectivity index (χ1) is 8.65. The average molecular weight is 302 g/mol. The summed E-state index contributed by atoms with van der Waals surface area (Å²) in [5.41, 5.74) is 0. The van der Waals surface area contributed by atoms with E-state index in [0.717, 1.165) is 5.75 Å². The molecule has 0 aliphatic rings. The summed E-state index contributed by atoms with van der Waals surface area (Å²) in [5.74, 6) is -0.119. The summed E-state index contributed by atoms with van der Waals surface area (Å²) in [4.78, 5) is 22.3. The van der Waals surface area contributed by atoms with Crippen LogP contribution in [0.15, 0.2) is 0 Å². The number of carboxylic acids is 1. The molecule has 0 bridgehead atoms. The molecule has 1 atom stereocenters. The fourth-order valence-corrected chi connectivity index (χ4v) is 1.89. The number of carboxylic acid groups (broad SMARTS) is 1. The first-order valence-corrected chi connectivity index (χ1v) is 6.73. The highest BCUT2D eigenvalue weighted by Gasteiger charge is 2.34. The van der Waals surface area contributed by atoms with E-state index in [4.69, 9.17) is 5.11 Å². The second kappa shape index (κ2) is 8.13. The van der Waals surface area contributed by atoms with Crippen molar-refractivity contribution in [1.29, 1.82) is 0 Å². The topological polar surface area (TPSA) is 69.6 Å². The SMILES string of the molecule is CCSCC(C)NC(=O)N(CC(=O)O)CC(F)(F)F. The maximum atomic E-state index is 12.2. The molecule has 0 radical (unpaired) electrons. The molecular formula is C10H17F3N2O3S. The summed E-state index contributed by atoms with van der Waals surface area (Å²) >= 11 is 1.53. The minimum absolute atomic E-state index is 0.232. The highest BCUT2D eigenvalue weighted by Crippen LogP contribution is 2.16. The third kappa shape index (κ3) is 9.46. The van der Waals surface area contributed by atoms with E-state index in [1.54, 1.807) is 6.92 Å². The van der Waals surface area contributed by atoms with Crippen LogP contribution >= 0.6 is 11.8 Å². The van der Waals surface area contributed by atoms with Crippen LogP contribution in [0.5, 0.6) is 0 Å². The summed E-state index contributed by atoms with van der Waals surface area (Å²) in [7, 11) is 0. The van der Waals surface area contributed by atoms with Crippen molar-refractivity contribution in [3.63, 3.8) is 0 Å². The van der Waals surface area contributed by atoms with E-state index < -0.39 is 31.3 Å². The summed E-state index contributed by atoms with van der Waals surface area (Å²) in [6.45, 7) is 0.991. The standard InChI is InChI=1S/C10H17F3N2O3S/c1-3-19-5-7(2)14-9(18)15(4-8(16)17)6-10(11,12)13/h7H,3-6H2,1-2H3,(H,14,18)(H,16,17). The number of hydrogen-bond acceptors (Lipinski definition) is 3. The Hall–Kier alpha value is -1.12. The van der Waals surface area contributed by atoms with Gasteiger partial charge in [0.2, 0.25) is 0 Å². The molecule has 112 valence electrons. The summed E-state index contributed by atoms with van der Waals surface area (Å²) in [6, 6.07) is -1.36.